The van der Waals surface area contributed by atoms with Gasteiger partial charge in [-0.2, -0.15) is 0 Å². The number of piperidine rings is 1. The molecule has 5 nitrogen and oxygen atoms in total. The third-order valence-corrected chi connectivity index (χ3v) is 4.60. The Hall–Kier alpha value is -2.53. The number of aromatic nitrogens is 1. The molecule has 0 bridgehead atoms. The van der Waals surface area contributed by atoms with Gasteiger partial charge in [0.2, 0.25) is 0 Å². The molecule has 25 heavy (non-hydrogen) atoms. The predicted octanol–water partition coefficient (Wildman–Crippen LogP) is 4.16. The smallest absolute Gasteiger partial charge is 0.289 e. The van der Waals surface area contributed by atoms with Gasteiger partial charge < -0.3 is 14.1 Å². The number of hydrogen-bond acceptors (Lipinski definition) is 4. The van der Waals surface area contributed by atoms with Gasteiger partial charge in [0, 0.05) is 43.2 Å². The molecule has 0 N–H and O–H groups in total. The van der Waals surface area contributed by atoms with Crippen molar-refractivity contribution >= 4 is 28.6 Å². The van der Waals surface area contributed by atoms with E-state index in [-0.39, 0.29) is 12.0 Å². The highest BCUT2D eigenvalue weighted by molar-refractivity contribution is 6.30. The van der Waals surface area contributed by atoms with Crippen molar-refractivity contribution in [3.05, 3.63) is 59.4 Å². The molecule has 1 aromatic carbocycles. The maximum atomic E-state index is 12.6. The maximum Gasteiger partial charge on any atom is 0.289 e. The highest BCUT2D eigenvalue weighted by Gasteiger charge is 2.26. The standard InChI is InChI=1S/C19H17ClN2O3/c20-13-3-5-14(6-4-13)24-15-7-10-22(11-8-15)19(23)18-12-16-17(25-18)2-1-9-21-16/h1-6,9,12,15H,7-8,10-11H2. The third-order valence-electron chi connectivity index (χ3n) is 4.34. The SMILES string of the molecule is O=C(c1cc2ncccc2o1)N1CCC(Oc2ccc(Cl)cc2)CC1. The second kappa shape index (κ2) is 6.76. The first-order valence-electron chi connectivity index (χ1n) is 8.25. The first-order valence-corrected chi connectivity index (χ1v) is 8.63. The number of carbonyl (C=O) groups excluding carboxylic acids is 1. The summed E-state index contributed by atoms with van der Waals surface area (Å²) in [6, 6.07) is 12.7. The van der Waals surface area contributed by atoms with E-state index in [4.69, 9.17) is 20.8 Å². The second-order valence-electron chi connectivity index (χ2n) is 6.06. The highest BCUT2D eigenvalue weighted by atomic mass is 35.5. The Morgan fingerprint density at radius 2 is 1.96 bits per heavy atom. The van der Waals surface area contributed by atoms with E-state index in [2.05, 4.69) is 4.98 Å². The number of rotatable bonds is 3. The van der Waals surface area contributed by atoms with E-state index >= 15 is 0 Å². The number of ether oxygens (including phenoxy) is 1. The van der Waals surface area contributed by atoms with E-state index in [1.54, 1.807) is 23.2 Å². The minimum absolute atomic E-state index is 0.0945. The van der Waals surface area contributed by atoms with Crippen molar-refractivity contribution in [3.63, 3.8) is 0 Å². The zero-order valence-electron chi connectivity index (χ0n) is 13.5. The molecule has 1 amide bonds. The Morgan fingerprint density at radius 3 is 2.68 bits per heavy atom. The number of hydrogen-bond donors (Lipinski definition) is 0. The number of nitrogens with zero attached hydrogens (tertiary/aromatic N) is 2. The fraction of sp³-hybridized carbons (Fsp3) is 0.263. The van der Waals surface area contributed by atoms with Gasteiger partial charge in [0.15, 0.2) is 11.3 Å². The summed E-state index contributed by atoms with van der Waals surface area (Å²) >= 11 is 5.88. The lowest BCUT2D eigenvalue weighted by atomic mass is 10.1. The minimum Gasteiger partial charge on any atom is -0.490 e. The van der Waals surface area contributed by atoms with Crippen LogP contribution in [0.4, 0.5) is 0 Å². The summed E-state index contributed by atoms with van der Waals surface area (Å²) in [5.74, 6) is 1.05. The van der Waals surface area contributed by atoms with Crippen molar-refractivity contribution in [2.24, 2.45) is 0 Å². The Labute approximate surface area is 150 Å². The first kappa shape index (κ1) is 16.0. The first-order chi connectivity index (χ1) is 12.2. The topological polar surface area (TPSA) is 55.6 Å². The van der Waals surface area contributed by atoms with Crippen LogP contribution < -0.4 is 4.74 Å². The number of furan rings is 1. The second-order valence-corrected chi connectivity index (χ2v) is 6.50. The Balaban J connectivity index is 1.37. The van der Waals surface area contributed by atoms with E-state index in [9.17, 15) is 4.79 Å². The number of carbonyl (C=O) groups is 1. The summed E-state index contributed by atoms with van der Waals surface area (Å²) in [6.07, 6.45) is 3.35. The van der Waals surface area contributed by atoms with E-state index < -0.39 is 0 Å². The van der Waals surface area contributed by atoms with Gasteiger partial charge in [-0.15, -0.1) is 0 Å². The van der Waals surface area contributed by atoms with Crippen LogP contribution in [-0.2, 0) is 0 Å². The van der Waals surface area contributed by atoms with Crippen molar-refractivity contribution in [2.75, 3.05) is 13.1 Å². The summed E-state index contributed by atoms with van der Waals surface area (Å²) < 4.78 is 11.6. The number of halogens is 1. The molecule has 0 saturated carbocycles. The monoisotopic (exact) mass is 356 g/mol. The van der Waals surface area contributed by atoms with Crippen LogP contribution in [0.5, 0.6) is 5.75 Å². The molecule has 4 rings (SSSR count). The molecule has 2 aromatic heterocycles. The van der Waals surface area contributed by atoms with Crippen LogP contribution in [0.25, 0.3) is 11.1 Å². The van der Waals surface area contributed by atoms with Gasteiger partial charge in [0.1, 0.15) is 17.4 Å². The van der Waals surface area contributed by atoms with Crippen molar-refractivity contribution < 1.29 is 13.9 Å². The molecule has 0 aliphatic carbocycles. The van der Waals surface area contributed by atoms with Crippen LogP contribution in [0.15, 0.2) is 53.1 Å². The zero-order chi connectivity index (χ0) is 17.2. The minimum atomic E-state index is -0.0945. The average molecular weight is 357 g/mol. The predicted molar refractivity (Wildman–Crippen MR) is 95.0 cm³/mol. The third kappa shape index (κ3) is 3.46. The van der Waals surface area contributed by atoms with Crippen LogP contribution in [0.1, 0.15) is 23.4 Å². The van der Waals surface area contributed by atoms with E-state index in [0.29, 0.717) is 35.0 Å². The Bertz CT molecular complexity index is 850. The van der Waals surface area contributed by atoms with E-state index in [1.807, 2.05) is 30.3 Å². The van der Waals surface area contributed by atoms with Gasteiger partial charge in [-0.3, -0.25) is 9.78 Å². The fourth-order valence-electron chi connectivity index (χ4n) is 3.01. The molecular weight excluding hydrogens is 340 g/mol. The largest absolute Gasteiger partial charge is 0.490 e. The number of fused-ring (bicyclic) bond motifs is 1. The molecule has 1 fully saturated rings. The van der Waals surface area contributed by atoms with Gasteiger partial charge in [0.05, 0.1) is 0 Å². The number of pyridine rings is 1. The van der Waals surface area contributed by atoms with Crippen molar-refractivity contribution in [1.82, 2.24) is 9.88 Å². The van der Waals surface area contributed by atoms with Crippen molar-refractivity contribution in [2.45, 2.75) is 18.9 Å². The number of amides is 1. The van der Waals surface area contributed by atoms with E-state index in [0.717, 1.165) is 18.6 Å². The molecule has 1 aliphatic rings. The molecule has 0 spiro atoms. The lowest BCUT2D eigenvalue weighted by molar-refractivity contribution is 0.0569. The molecule has 3 aromatic rings. The molecule has 1 aliphatic heterocycles. The van der Waals surface area contributed by atoms with Crippen LogP contribution >= 0.6 is 11.6 Å². The number of benzene rings is 1. The number of likely N-dealkylation sites (tertiary alicyclic amines) is 1. The Kier molecular flexibility index (Phi) is 4.32. The van der Waals surface area contributed by atoms with E-state index in [1.165, 1.54) is 0 Å². The molecule has 128 valence electrons. The molecule has 0 atom stereocenters. The summed E-state index contributed by atoms with van der Waals surface area (Å²) in [7, 11) is 0. The highest BCUT2D eigenvalue weighted by Crippen LogP contribution is 2.23. The average Bonchev–Trinajstić information content (AvgIpc) is 3.08. The van der Waals surface area contributed by atoms with Gasteiger partial charge >= 0.3 is 0 Å². The molecule has 0 unspecified atom stereocenters. The van der Waals surface area contributed by atoms with Crippen molar-refractivity contribution in [1.29, 1.82) is 0 Å². The summed E-state index contributed by atoms with van der Waals surface area (Å²) in [5.41, 5.74) is 1.33. The summed E-state index contributed by atoms with van der Waals surface area (Å²) in [6.45, 7) is 1.28. The Morgan fingerprint density at radius 1 is 1.20 bits per heavy atom. The molecule has 3 heterocycles. The molecule has 1 saturated heterocycles. The quantitative estimate of drug-likeness (QED) is 0.707. The zero-order valence-corrected chi connectivity index (χ0v) is 14.3. The van der Waals surface area contributed by atoms with Crippen LogP contribution in [0, 0.1) is 0 Å². The maximum absolute atomic E-state index is 12.6. The molecule has 6 heteroatoms. The molecule has 0 radical (unpaired) electrons. The molecular formula is C19H17ClN2O3. The summed E-state index contributed by atoms with van der Waals surface area (Å²) in [5, 5.41) is 0.688. The van der Waals surface area contributed by atoms with Crippen LogP contribution in [0.3, 0.4) is 0 Å². The van der Waals surface area contributed by atoms with Crippen LogP contribution in [-0.4, -0.2) is 35.0 Å². The lowest BCUT2D eigenvalue weighted by Crippen LogP contribution is -2.41. The lowest BCUT2D eigenvalue weighted by Gasteiger charge is -2.31. The summed E-state index contributed by atoms with van der Waals surface area (Å²) in [4.78, 5) is 18.6. The van der Waals surface area contributed by atoms with Gasteiger partial charge in [-0.05, 0) is 36.4 Å². The van der Waals surface area contributed by atoms with Gasteiger partial charge in [-0.1, -0.05) is 11.6 Å². The normalized spacial score (nSPS) is 15.5. The van der Waals surface area contributed by atoms with Gasteiger partial charge in [0.25, 0.3) is 5.91 Å². The van der Waals surface area contributed by atoms with Crippen molar-refractivity contribution in [3.8, 4) is 5.75 Å². The van der Waals surface area contributed by atoms with Gasteiger partial charge in [-0.25, -0.2) is 0 Å². The fourth-order valence-corrected chi connectivity index (χ4v) is 3.14. The van der Waals surface area contributed by atoms with Crippen LogP contribution in [0.2, 0.25) is 5.02 Å².